The summed E-state index contributed by atoms with van der Waals surface area (Å²) in [5.41, 5.74) is 0. The van der Waals surface area contributed by atoms with Crippen LogP contribution >= 0.6 is 0 Å². The van der Waals surface area contributed by atoms with Gasteiger partial charge >= 0.3 is 226 Å². The van der Waals surface area contributed by atoms with Gasteiger partial charge in [-0.2, -0.15) is 0 Å². The largest absolute Gasteiger partial charge is 4.00 e. The van der Waals surface area contributed by atoms with Gasteiger partial charge in [-0.3, -0.25) is 0 Å². The van der Waals surface area contributed by atoms with Gasteiger partial charge in [0, 0.05) is 95.5 Å². The van der Waals surface area contributed by atoms with Crippen molar-refractivity contribution in [1.82, 2.24) is 0 Å². The van der Waals surface area contributed by atoms with Crippen LogP contribution in [0.4, 0.5) is 0 Å². The molecule has 0 fully saturated rings. The van der Waals surface area contributed by atoms with Gasteiger partial charge in [0.05, 0.1) is 0 Å². The number of aliphatic carboxylic acids is 16. The van der Waals surface area contributed by atoms with Crippen molar-refractivity contribution in [3.8, 4) is 0 Å². The van der Waals surface area contributed by atoms with E-state index in [9.17, 15) is 158 Å². The van der Waals surface area contributed by atoms with Crippen molar-refractivity contribution >= 4 is 95.5 Å². The molecule has 0 amide bonds. The van der Waals surface area contributed by atoms with Gasteiger partial charge in [0.1, 0.15) is 0 Å². The summed E-state index contributed by atoms with van der Waals surface area (Å²) in [5.74, 6) is -15.9. The maximum absolute atomic E-state index is 9.26. The van der Waals surface area contributed by atoms with Crippen LogP contribution in [0.15, 0.2) is 0 Å². The fourth-order valence-electron chi connectivity index (χ4n) is 0. The molecule has 0 radical (unpaired) electrons. The molecule has 0 aromatic carbocycles. The number of hydrogen-bond acceptors (Lipinski definition) is 32. The summed E-state index contributed by atoms with van der Waals surface area (Å²) in [6, 6.07) is 0. The first-order valence-corrected chi connectivity index (χ1v) is 23.5. The number of carbonyl (C=O) groups is 16. The second-order valence-electron chi connectivity index (χ2n) is 11.6. The molecule has 0 atom stereocenters. The van der Waals surface area contributed by atoms with E-state index in [-0.39, 0.29) is 395 Å². The van der Waals surface area contributed by atoms with E-state index in [1.165, 1.54) is 111 Å². The molecule has 0 aromatic heterocycles. The van der Waals surface area contributed by atoms with Crippen LogP contribution in [0.5, 0.6) is 0 Å². The molecule has 0 saturated heterocycles. The monoisotopic (exact) mass is 1920 g/mol. The molecule has 0 aliphatic carbocycles. The second-order valence-corrected chi connectivity index (χ2v) is 11.6. The molecule has 0 rings (SSSR count). The Morgan fingerprint density at radius 3 is 0.137 bits per heavy atom. The maximum atomic E-state index is 9.26. The van der Waals surface area contributed by atoms with Crippen molar-refractivity contribution in [3.63, 3.8) is 0 Å². The summed E-state index contributed by atoms with van der Waals surface area (Å²) >= 11 is 0. The summed E-state index contributed by atoms with van der Waals surface area (Å²) < 4.78 is 0. The van der Waals surface area contributed by atoms with E-state index in [2.05, 4.69) is 0 Å². The molecule has 0 unspecified atom stereocenters. The van der Waals surface area contributed by atoms with Crippen LogP contribution in [0.3, 0.4) is 0 Å². The Kier molecular flexibility index (Phi) is 617. The summed E-state index contributed by atoms with van der Waals surface area (Å²) in [6.07, 6.45) is 1.78. The fraction of sp³-hybridized carbons (Fsp3) is 0.667. The Balaban J connectivity index is -0.0000000117. The smallest absolute Gasteiger partial charge is 2.00 e. The van der Waals surface area contributed by atoms with Crippen molar-refractivity contribution in [2.24, 2.45) is 0 Å². The van der Waals surface area contributed by atoms with Crippen molar-refractivity contribution in [3.05, 3.63) is 0 Å². The molecule has 0 spiro atoms. The minimum absolute atomic E-state index is 0. The minimum atomic E-state index is -0.995. The molecule has 54 heteroatoms. The van der Waals surface area contributed by atoms with E-state index >= 15 is 0 Å². The number of hydrogen-bond donors (Lipinski definition) is 0. The molecular weight excluding hydrogens is 1850 g/mol. The van der Waals surface area contributed by atoms with Crippen LogP contribution in [0.2, 0.25) is 0 Å². The van der Waals surface area contributed by atoms with Crippen molar-refractivity contribution < 1.29 is 450 Å². The molecular formula is C48H80O44Ti8Zr2. The van der Waals surface area contributed by atoms with Gasteiger partial charge in [0.2, 0.25) is 0 Å². The van der Waals surface area contributed by atoms with Gasteiger partial charge in [0.25, 0.3) is 0 Å². The van der Waals surface area contributed by atoms with E-state index < -0.39 is 95.5 Å². The van der Waals surface area contributed by atoms with E-state index in [0.717, 1.165) is 0 Å². The van der Waals surface area contributed by atoms with Gasteiger partial charge in [0.15, 0.2) is 0 Å². The first-order chi connectivity index (χ1) is 36.3. The molecule has 576 valence electrons. The number of carboxylic acids is 16. The zero-order chi connectivity index (χ0) is 68.6. The Hall–Kier alpha value is -1.48. The summed E-state index contributed by atoms with van der Waals surface area (Å²) in [6.45, 7) is 24.6. The fourth-order valence-corrected chi connectivity index (χ4v) is 0. The Morgan fingerprint density at radius 2 is 0.137 bits per heavy atom. The summed E-state index contributed by atoms with van der Waals surface area (Å²) in [4.78, 5) is 148. The van der Waals surface area contributed by atoms with Gasteiger partial charge in [-0.15, -0.1) is 0 Å². The zero-order valence-corrected chi connectivity index (χ0v) is 75.7. The van der Waals surface area contributed by atoms with Gasteiger partial charge < -0.3 is 224 Å². The SMILES string of the molecule is CCC(=O)[O-].CCC(=O)[O-].CCC(=O)[O-].CCC(=O)[O-].CCC(=O)[O-].CCC(=O)[O-].CCC(=O)[O-].CCC(=O)[O-].CCC(=O)[O-].CCC(=O)[O-].CCC(=O)[O-].CCC(=O)[O-].CCC(=O)[O-].CCC(=O)[O-].CCC(=O)[O-].CCC(=O)[O-].[O-2].[O-2].[O-2].[O-2].[O-2].[O-2].[O-2].[O-2].[O-2].[O-2].[O-2].[O-2].[Ti+4].[Ti+4].[Ti+4].[Ti+4].[Ti+4].[Ti+4].[Ti+4].[Ti+4].[Zr+4].[Zr+4]. The predicted molar refractivity (Wildman–Crippen MR) is 253 cm³/mol. The molecule has 0 aliphatic rings. The number of carbonyl (C=O) groups excluding carboxylic acids is 16. The Morgan fingerprint density at radius 1 is 0.127 bits per heavy atom. The maximum Gasteiger partial charge on any atom is 4.00 e. The molecule has 0 aromatic rings. The average Bonchev–Trinajstić information content (AvgIpc) is 3.40. The van der Waals surface area contributed by atoms with Crippen molar-refractivity contribution in [1.29, 1.82) is 0 Å². The van der Waals surface area contributed by atoms with E-state index in [1.54, 1.807) is 0 Å². The zero-order valence-electron chi connectivity index (χ0n) is 58.3. The number of carboxylic acid groups (broad SMARTS) is 16. The topological polar surface area (TPSA) is 984 Å². The summed E-state index contributed by atoms with van der Waals surface area (Å²) in [5, 5.41) is 148. The Bertz CT molecular complexity index is 1160. The summed E-state index contributed by atoms with van der Waals surface area (Å²) in [7, 11) is 0. The van der Waals surface area contributed by atoms with Crippen LogP contribution in [-0.4, -0.2) is 95.5 Å². The quantitative estimate of drug-likeness (QED) is 0.130. The average molecular weight is 1930 g/mol. The van der Waals surface area contributed by atoms with E-state index in [0.29, 0.717) is 0 Å². The standard InChI is InChI=1S/16C3H6O2.12O.8Ti.2Zr/c16*1-2-3(4)5;;;;;;;;;;;;;;;;;;;;;;/h16*2H2,1H3,(H,4,5);;;;;;;;;;;;;;;;;;;;;;/q;;;;;;;;;;;;;;;;12*-2;10*+4/p-16. The molecule has 44 nitrogen and oxygen atoms in total. The molecule has 0 N–H and O–H groups in total. The van der Waals surface area contributed by atoms with Gasteiger partial charge in [-0.1, -0.05) is 111 Å². The first-order valence-electron chi connectivity index (χ1n) is 23.5. The molecule has 0 aliphatic heterocycles. The van der Waals surface area contributed by atoms with Crippen LogP contribution in [0.1, 0.15) is 214 Å². The van der Waals surface area contributed by atoms with Gasteiger partial charge in [-0.25, -0.2) is 0 Å². The van der Waals surface area contributed by atoms with Crippen molar-refractivity contribution in [2.75, 3.05) is 0 Å². The Labute approximate surface area is 751 Å². The van der Waals surface area contributed by atoms with Crippen LogP contribution in [0, 0.1) is 0 Å². The van der Waals surface area contributed by atoms with E-state index in [4.69, 9.17) is 0 Å². The first kappa shape index (κ1) is 255. The second kappa shape index (κ2) is 247. The number of rotatable bonds is 16. The van der Waals surface area contributed by atoms with Crippen molar-refractivity contribution in [2.45, 2.75) is 214 Å². The molecule has 0 bridgehead atoms. The van der Waals surface area contributed by atoms with E-state index in [1.807, 2.05) is 0 Å². The normalized spacial score (nSPS) is 5.80. The van der Waals surface area contributed by atoms with Gasteiger partial charge in [-0.05, 0) is 103 Å². The predicted octanol–water partition coefficient (Wildman–Crippen LogP) is -15.1. The third-order valence-corrected chi connectivity index (χ3v) is 4.62. The minimum Gasteiger partial charge on any atom is -2.00 e. The molecule has 0 heterocycles. The third-order valence-electron chi connectivity index (χ3n) is 4.62. The third kappa shape index (κ3) is 1010. The molecule has 0 saturated carbocycles. The van der Waals surface area contributed by atoms with Crippen LogP contribution in [0.25, 0.3) is 0 Å². The van der Waals surface area contributed by atoms with Crippen LogP contribution < -0.4 is 81.7 Å². The molecule has 102 heavy (non-hydrogen) atoms. The van der Waals surface area contributed by atoms with Crippen LogP contribution in [-0.2, 0) is 369 Å².